The van der Waals surface area contributed by atoms with Gasteiger partial charge < -0.3 is 9.80 Å². The third kappa shape index (κ3) is 5.92. The zero-order valence-electron chi connectivity index (χ0n) is 16.1. The lowest BCUT2D eigenvalue weighted by atomic mass is 10.1. The highest BCUT2D eigenvalue weighted by molar-refractivity contribution is 8.00. The summed E-state index contributed by atoms with van der Waals surface area (Å²) in [6.07, 6.45) is 1.81. The Morgan fingerprint density at radius 2 is 1.67 bits per heavy atom. The van der Waals surface area contributed by atoms with Crippen LogP contribution in [0.4, 0.5) is 30.2 Å². The maximum atomic E-state index is 12.5. The average molecular weight is 395 g/mol. The van der Waals surface area contributed by atoms with Crippen molar-refractivity contribution < 1.29 is 13.2 Å². The number of benzene rings is 2. The summed E-state index contributed by atoms with van der Waals surface area (Å²) in [5.41, 5.74) is 0.526. The fourth-order valence-corrected chi connectivity index (χ4v) is 3.08. The van der Waals surface area contributed by atoms with Crippen LogP contribution in [-0.4, -0.2) is 37.4 Å². The number of nitrogens with zero attached hydrogens (tertiary/aromatic N) is 3. The maximum absolute atomic E-state index is 12.5. The van der Waals surface area contributed by atoms with Crippen LogP contribution in [0.25, 0.3) is 0 Å². The van der Waals surface area contributed by atoms with Gasteiger partial charge in [0.05, 0.1) is 12.0 Å². The number of alkyl halides is 3. The lowest BCUT2D eigenvalue weighted by Gasteiger charge is -2.23. The Kier molecular flexibility index (Phi) is 6.81. The zero-order valence-corrected chi connectivity index (χ0v) is 16.9. The predicted octanol–water partition coefficient (Wildman–Crippen LogP) is 6.29. The van der Waals surface area contributed by atoms with E-state index in [2.05, 4.69) is 11.9 Å². The molecule has 0 radical (unpaired) electrons. The number of aryl methyl sites for hydroxylation is 2. The summed E-state index contributed by atoms with van der Waals surface area (Å²) >= 11 is -0.104. The third-order valence-electron chi connectivity index (χ3n) is 4.23. The van der Waals surface area contributed by atoms with E-state index in [1.165, 1.54) is 12.1 Å². The monoisotopic (exact) mass is 395 g/mol. The average Bonchev–Trinajstić information content (AvgIpc) is 2.60. The zero-order chi connectivity index (χ0) is 20.2. The molecule has 0 aliphatic heterocycles. The van der Waals surface area contributed by atoms with Gasteiger partial charge in [-0.25, -0.2) is 4.99 Å². The standard InChI is InChI=1S/C20H24F3N3S/c1-6-25(4)13-24-18-11-15(3)19(12-14(18)2)26(5)16-7-9-17(10-8-16)27-20(21,22)23/h7-13H,6H2,1-5H3. The smallest absolute Gasteiger partial charge is 0.366 e. The second kappa shape index (κ2) is 8.69. The number of aliphatic imine (C=N–C) groups is 1. The van der Waals surface area contributed by atoms with Crippen molar-refractivity contribution in [2.75, 3.05) is 25.5 Å². The van der Waals surface area contributed by atoms with Gasteiger partial charge in [-0.05, 0) is 80.1 Å². The molecule has 2 aromatic rings. The molecule has 2 rings (SSSR count). The van der Waals surface area contributed by atoms with E-state index in [1.54, 1.807) is 12.1 Å². The summed E-state index contributed by atoms with van der Waals surface area (Å²) in [6, 6.07) is 10.5. The minimum Gasteiger partial charge on any atom is -0.366 e. The molecule has 0 fully saturated rings. The Morgan fingerprint density at radius 1 is 1.04 bits per heavy atom. The quantitative estimate of drug-likeness (QED) is 0.325. The minimum atomic E-state index is -4.27. The van der Waals surface area contributed by atoms with Crippen molar-refractivity contribution in [3.05, 3.63) is 47.5 Å². The summed E-state index contributed by atoms with van der Waals surface area (Å²) in [5, 5.41) is 0. The van der Waals surface area contributed by atoms with Crippen LogP contribution in [0.2, 0.25) is 0 Å². The van der Waals surface area contributed by atoms with E-state index >= 15 is 0 Å². The summed E-state index contributed by atoms with van der Waals surface area (Å²) < 4.78 is 37.4. The molecule has 0 unspecified atom stereocenters. The van der Waals surface area contributed by atoms with Crippen LogP contribution >= 0.6 is 11.8 Å². The van der Waals surface area contributed by atoms with Crippen molar-refractivity contribution in [1.82, 2.24) is 4.90 Å². The molecule has 27 heavy (non-hydrogen) atoms. The Labute approximate surface area is 162 Å². The van der Waals surface area contributed by atoms with E-state index in [0.29, 0.717) is 0 Å². The molecule has 0 aliphatic carbocycles. The number of anilines is 2. The largest absolute Gasteiger partial charge is 0.446 e. The number of rotatable bonds is 6. The lowest BCUT2D eigenvalue weighted by molar-refractivity contribution is -0.0328. The Morgan fingerprint density at radius 3 is 2.22 bits per heavy atom. The molecule has 0 atom stereocenters. The van der Waals surface area contributed by atoms with Crippen LogP contribution in [0.1, 0.15) is 18.1 Å². The molecule has 0 spiro atoms. The topological polar surface area (TPSA) is 18.8 Å². The molecule has 0 amide bonds. The minimum absolute atomic E-state index is 0.104. The Bertz CT molecular complexity index is 801. The van der Waals surface area contributed by atoms with Crippen molar-refractivity contribution in [3.63, 3.8) is 0 Å². The molecule has 0 saturated carbocycles. The van der Waals surface area contributed by atoms with E-state index in [4.69, 9.17) is 0 Å². The molecule has 7 heteroatoms. The van der Waals surface area contributed by atoms with Crippen molar-refractivity contribution in [3.8, 4) is 0 Å². The molecule has 0 aliphatic rings. The van der Waals surface area contributed by atoms with E-state index in [9.17, 15) is 13.2 Å². The van der Waals surface area contributed by atoms with Gasteiger partial charge in [0, 0.05) is 36.9 Å². The third-order valence-corrected chi connectivity index (χ3v) is 4.97. The second-order valence-corrected chi connectivity index (χ2v) is 7.48. The van der Waals surface area contributed by atoms with Gasteiger partial charge in [-0.2, -0.15) is 13.2 Å². The molecule has 3 nitrogen and oxygen atoms in total. The molecule has 0 N–H and O–H groups in total. The van der Waals surface area contributed by atoms with Crippen LogP contribution in [0.3, 0.4) is 0 Å². The van der Waals surface area contributed by atoms with E-state index in [-0.39, 0.29) is 16.7 Å². The van der Waals surface area contributed by atoms with Gasteiger partial charge >= 0.3 is 5.51 Å². The molecule has 2 aromatic carbocycles. The van der Waals surface area contributed by atoms with Gasteiger partial charge in [0.15, 0.2) is 0 Å². The van der Waals surface area contributed by atoms with Gasteiger partial charge in [0.25, 0.3) is 0 Å². The van der Waals surface area contributed by atoms with Crippen molar-refractivity contribution in [2.24, 2.45) is 4.99 Å². The van der Waals surface area contributed by atoms with Gasteiger partial charge in [-0.1, -0.05) is 0 Å². The highest BCUT2D eigenvalue weighted by Crippen LogP contribution is 2.38. The second-order valence-electron chi connectivity index (χ2n) is 6.34. The van der Waals surface area contributed by atoms with Gasteiger partial charge in [-0.15, -0.1) is 0 Å². The fourth-order valence-electron chi connectivity index (χ4n) is 2.54. The van der Waals surface area contributed by atoms with Gasteiger partial charge in [0.2, 0.25) is 0 Å². The Hall–Kier alpha value is -2.15. The molecule has 146 valence electrons. The van der Waals surface area contributed by atoms with E-state index in [0.717, 1.165) is 34.7 Å². The molecule has 0 saturated heterocycles. The molecular formula is C20H24F3N3S. The highest BCUT2D eigenvalue weighted by Gasteiger charge is 2.29. The normalized spacial score (nSPS) is 11.9. The van der Waals surface area contributed by atoms with Crippen LogP contribution in [0.15, 0.2) is 46.3 Å². The first-order valence-electron chi connectivity index (χ1n) is 8.56. The maximum Gasteiger partial charge on any atom is 0.446 e. The molecule has 0 bridgehead atoms. The first-order chi connectivity index (χ1) is 12.6. The number of hydrogen-bond donors (Lipinski definition) is 0. The van der Waals surface area contributed by atoms with Gasteiger partial charge in [0.1, 0.15) is 0 Å². The summed E-state index contributed by atoms with van der Waals surface area (Å²) in [5.74, 6) is 0. The van der Waals surface area contributed by atoms with Crippen LogP contribution < -0.4 is 4.90 Å². The Balaban J connectivity index is 2.24. The first kappa shape index (κ1) is 21.2. The SMILES string of the molecule is CCN(C)C=Nc1cc(C)c(N(C)c2ccc(SC(F)(F)F)cc2)cc1C. The number of halogens is 3. The van der Waals surface area contributed by atoms with Crippen LogP contribution in [0, 0.1) is 13.8 Å². The summed E-state index contributed by atoms with van der Waals surface area (Å²) in [6.45, 7) is 6.94. The highest BCUT2D eigenvalue weighted by atomic mass is 32.2. The first-order valence-corrected chi connectivity index (χ1v) is 9.37. The van der Waals surface area contributed by atoms with E-state index in [1.807, 2.05) is 56.2 Å². The summed E-state index contributed by atoms with van der Waals surface area (Å²) in [7, 11) is 3.87. The molecule has 0 heterocycles. The van der Waals surface area contributed by atoms with Crippen LogP contribution in [-0.2, 0) is 0 Å². The molecular weight excluding hydrogens is 371 g/mol. The summed E-state index contributed by atoms with van der Waals surface area (Å²) in [4.78, 5) is 8.67. The van der Waals surface area contributed by atoms with Crippen LogP contribution in [0.5, 0.6) is 0 Å². The van der Waals surface area contributed by atoms with Crippen molar-refractivity contribution in [1.29, 1.82) is 0 Å². The number of thioether (sulfide) groups is 1. The van der Waals surface area contributed by atoms with Crippen molar-refractivity contribution >= 4 is 35.2 Å². The van der Waals surface area contributed by atoms with Crippen molar-refractivity contribution in [2.45, 2.75) is 31.2 Å². The number of hydrogen-bond acceptors (Lipinski definition) is 3. The molecule has 0 aromatic heterocycles. The lowest BCUT2D eigenvalue weighted by Crippen LogP contribution is -2.14. The van der Waals surface area contributed by atoms with E-state index < -0.39 is 5.51 Å². The predicted molar refractivity (Wildman–Crippen MR) is 109 cm³/mol. The van der Waals surface area contributed by atoms with Gasteiger partial charge in [-0.3, -0.25) is 0 Å². The fraction of sp³-hybridized carbons (Fsp3) is 0.350.